The second-order valence-electron chi connectivity index (χ2n) is 4.21. The summed E-state index contributed by atoms with van der Waals surface area (Å²) < 4.78 is 27.5. The van der Waals surface area contributed by atoms with Gasteiger partial charge in [-0.15, -0.1) is 0 Å². The molecule has 0 aromatic carbocycles. The van der Waals surface area contributed by atoms with Gasteiger partial charge in [0.05, 0.1) is 0 Å². The molecule has 0 unspecified atom stereocenters. The van der Waals surface area contributed by atoms with Gasteiger partial charge >= 0.3 is 0 Å². The van der Waals surface area contributed by atoms with Crippen molar-refractivity contribution in [1.82, 2.24) is 9.03 Å². The zero-order chi connectivity index (χ0) is 10.0. The molecule has 2 aliphatic rings. The fraction of sp³-hybridized carbons (Fsp3) is 1.00. The molecule has 14 heavy (non-hydrogen) atoms. The van der Waals surface area contributed by atoms with Gasteiger partial charge in [-0.2, -0.15) is 17.4 Å². The number of hydrogen-bond donors (Lipinski definition) is 1. The van der Waals surface area contributed by atoms with Crippen molar-refractivity contribution in [3.05, 3.63) is 0 Å². The lowest BCUT2D eigenvalue weighted by Crippen LogP contribution is -2.38. The van der Waals surface area contributed by atoms with Crippen LogP contribution in [0.1, 0.15) is 38.5 Å². The van der Waals surface area contributed by atoms with E-state index in [4.69, 9.17) is 0 Å². The van der Waals surface area contributed by atoms with Crippen molar-refractivity contribution < 1.29 is 8.42 Å². The average molecular weight is 218 g/mol. The van der Waals surface area contributed by atoms with Gasteiger partial charge in [0.25, 0.3) is 10.2 Å². The van der Waals surface area contributed by atoms with E-state index >= 15 is 0 Å². The Balaban J connectivity index is 1.88. The molecule has 0 atom stereocenters. The Labute approximate surface area is 85.9 Å². The lowest BCUT2D eigenvalue weighted by molar-refractivity contribution is 0.490. The SMILES string of the molecule is O=S(=O)(NC1CCCCCC1)N1CC1. The molecule has 0 spiro atoms. The van der Waals surface area contributed by atoms with Crippen molar-refractivity contribution in [3.8, 4) is 0 Å². The molecule has 2 rings (SSSR count). The zero-order valence-electron chi connectivity index (χ0n) is 8.41. The Hall–Kier alpha value is -0.130. The van der Waals surface area contributed by atoms with E-state index in [1.807, 2.05) is 0 Å². The summed E-state index contributed by atoms with van der Waals surface area (Å²) in [6.07, 6.45) is 6.84. The van der Waals surface area contributed by atoms with E-state index < -0.39 is 10.2 Å². The maximum atomic E-state index is 11.6. The smallest absolute Gasteiger partial charge is 0.199 e. The number of hydrogen-bond acceptors (Lipinski definition) is 2. The van der Waals surface area contributed by atoms with Crippen molar-refractivity contribution in [2.45, 2.75) is 44.6 Å². The fourth-order valence-corrected chi connectivity index (χ4v) is 3.33. The van der Waals surface area contributed by atoms with Gasteiger partial charge in [0, 0.05) is 19.1 Å². The second kappa shape index (κ2) is 4.16. The van der Waals surface area contributed by atoms with Crippen LogP contribution in [0.5, 0.6) is 0 Å². The molecule has 0 amide bonds. The molecule has 4 nitrogen and oxygen atoms in total. The van der Waals surface area contributed by atoms with Gasteiger partial charge in [0.1, 0.15) is 0 Å². The minimum Gasteiger partial charge on any atom is -0.199 e. The van der Waals surface area contributed by atoms with Crippen molar-refractivity contribution in [2.75, 3.05) is 13.1 Å². The van der Waals surface area contributed by atoms with Crippen LogP contribution in [0.3, 0.4) is 0 Å². The predicted octanol–water partition coefficient (Wildman–Crippen LogP) is 0.859. The van der Waals surface area contributed by atoms with Crippen LogP contribution >= 0.6 is 0 Å². The lowest BCUT2D eigenvalue weighted by Gasteiger charge is -2.16. The molecule has 1 aliphatic carbocycles. The number of nitrogens with zero attached hydrogens (tertiary/aromatic N) is 1. The van der Waals surface area contributed by atoms with E-state index in [2.05, 4.69) is 4.72 Å². The molecule has 0 aromatic rings. The standard InChI is InChI=1S/C9H18N2O2S/c12-14(13,11-7-8-11)10-9-5-3-1-2-4-6-9/h9-10H,1-8H2. The highest BCUT2D eigenvalue weighted by atomic mass is 32.2. The van der Waals surface area contributed by atoms with Crippen LogP contribution in [0.25, 0.3) is 0 Å². The summed E-state index contributed by atoms with van der Waals surface area (Å²) in [7, 11) is -3.12. The van der Waals surface area contributed by atoms with Crippen molar-refractivity contribution in [1.29, 1.82) is 0 Å². The third-order valence-electron chi connectivity index (χ3n) is 2.92. The Morgan fingerprint density at radius 2 is 1.57 bits per heavy atom. The molecule has 0 radical (unpaired) electrons. The maximum Gasteiger partial charge on any atom is 0.279 e. The van der Waals surface area contributed by atoms with Crippen LogP contribution in [-0.2, 0) is 10.2 Å². The first-order valence-electron chi connectivity index (χ1n) is 5.46. The highest BCUT2D eigenvalue weighted by molar-refractivity contribution is 7.87. The third kappa shape index (κ3) is 2.68. The molecule has 0 bridgehead atoms. The predicted molar refractivity (Wildman–Crippen MR) is 55.1 cm³/mol. The molecule has 1 N–H and O–H groups in total. The molecule has 1 heterocycles. The first-order chi connectivity index (χ1) is 6.68. The summed E-state index contributed by atoms with van der Waals surface area (Å²) in [4.78, 5) is 0. The molecule has 82 valence electrons. The van der Waals surface area contributed by atoms with E-state index in [0.717, 1.165) is 25.7 Å². The quantitative estimate of drug-likeness (QED) is 0.564. The summed E-state index contributed by atoms with van der Waals surface area (Å²) in [5.74, 6) is 0. The summed E-state index contributed by atoms with van der Waals surface area (Å²) >= 11 is 0. The van der Waals surface area contributed by atoms with Crippen LogP contribution in [0.2, 0.25) is 0 Å². The molecule has 5 heteroatoms. The largest absolute Gasteiger partial charge is 0.279 e. The Kier molecular flexibility index (Phi) is 3.09. The molecule has 0 aromatic heterocycles. The molecular weight excluding hydrogens is 200 g/mol. The van der Waals surface area contributed by atoms with Crippen molar-refractivity contribution in [2.24, 2.45) is 0 Å². The molecule has 1 saturated carbocycles. The zero-order valence-corrected chi connectivity index (χ0v) is 9.22. The summed E-state index contributed by atoms with van der Waals surface area (Å²) in [6, 6.07) is 0.183. The highest BCUT2D eigenvalue weighted by Gasteiger charge is 2.33. The number of rotatable bonds is 3. The second-order valence-corrected chi connectivity index (χ2v) is 5.91. The van der Waals surface area contributed by atoms with E-state index in [9.17, 15) is 8.42 Å². The van der Waals surface area contributed by atoms with Gasteiger partial charge in [0.15, 0.2) is 0 Å². The van der Waals surface area contributed by atoms with E-state index in [-0.39, 0.29) is 6.04 Å². The summed E-state index contributed by atoms with van der Waals surface area (Å²) in [5, 5.41) is 0. The van der Waals surface area contributed by atoms with Gasteiger partial charge in [-0.3, -0.25) is 0 Å². The fourth-order valence-electron chi connectivity index (χ4n) is 1.96. The Bertz CT molecular complexity index is 277. The first kappa shape index (κ1) is 10.4. The topological polar surface area (TPSA) is 49.2 Å². The van der Waals surface area contributed by atoms with Crippen LogP contribution in [0.4, 0.5) is 0 Å². The van der Waals surface area contributed by atoms with Crippen LogP contribution < -0.4 is 4.72 Å². The molecule has 1 aliphatic heterocycles. The minimum atomic E-state index is -3.12. The van der Waals surface area contributed by atoms with Crippen LogP contribution in [-0.4, -0.2) is 31.9 Å². The Morgan fingerprint density at radius 1 is 1.00 bits per heavy atom. The van der Waals surface area contributed by atoms with Crippen LogP contribution in [0.15, 0.2) is 0 Å². The molecule has 2 fully saturated rings. The van der Waals surface area contributed by atoms with Gasteiger partial charge in [-0.1, -0.05) is 25.7 Å². The van der Waals surface area contributed by atoms with E-state index in [1.165, 1.54) is 17.1 Å². The monoisotopic (exact) mass is 218 g/mol. The van der Waals surface area contributed by atoms with Gasteiger partial charge in [0.2, 0.25) is 0 Å². The van der Waals surface area contributed by atoms with Gasteiger partial charge in [-0.25, -0.2) is 0 Å². The van der Waals surface area contributed by atoms with Gasteiger partial charge < -0.3 is 0 Å². The van der Waals surface area contributed by atoms with Crippen LogP contribution in [0, 0.1) is 0 Å². The Morgan fingerprint density at radius 3 is 2.07 bits per heavy atom. The van der Waals surface area contributed by atoms with Crippen molar-refractivity contribution in [3.63, 3.8) is 0 Å². The minimum absolute atomic E-state index is 0.183. The number of nitrogens with one attached hydrogen (secondary N) is 1. The molecular formula is C9H18N2O2S. The summed E-state index contributed by atoms with van der Waals surface area (Å²) in [6.45, 7) is 1.39. The van der Waals surface area contributed by atoms with E-state index in [1.54, 1.807) is 0 Å². The molecule has 1 saturated heterocycles. The third-order valence-corrected chi connectivity index (χ3v) is 4.59. The maximum absolute atomic E-state index is 11.6. The van der Waals surface area contributed by atoms with Gasteiger partial charge in [-0.05, 0) is 12.8 Å². The summed E-state index contributed by atoms with van der Waals surface area (Å²) in [5.41, 5.74) is 0. The lowest BCUT2D eigenvalue weighted by atomic mass is 10.1. The van der Waals surface area contributed by atoms with Crippen molar-refractivity contribution >= 4 is 10.2 Å². The highest BCUT2D eigenvalue weighted by Crippen LogP contribution is 2.19. The normalized spacial score (nSPS) is 26.0. The average Bonchev–Trinajstić information content (AvgIpc) is 2.90. The van der Waals surface area contributed by atoms with E-state index in [0.29, 0.717) is 13.1 Å². The first-order valence-corrected chi connectivity index (χ1v) is 6.90.